The highest BCUT2D eigenvalue weighted by molar-refractivity contribution is 9.11. The Kier molecular flexibility index (Phi) is 5.00. The van der Waals surface area contributed by atoms with Crippen molar-refractivity contribution in [3.8, 4) is 0 Å². The SMILES string of the molecule is CC(C)(C)OC(=O)NCc1ccc2nc(C=CBr)sc2c1. The second-order valence-electron chi connectivity index (χ2n) is 5.50. The van der Waals surface area contributed by atoms with E-state index in [0.717, 1.165) is 20.8 Å². The number of ether oxygens (including phenoxy) is 1. The number of nitrogens with zero attached hydrogens (tertiary/aromatic N) is 1. The topological polar surface area (TPSA) is 51.2 Å². The maximum atomic E-state index is 11.6. The fourth-order valence-electron chi connectivity index (χ4n) is 1.71. The monoisotopic (exact) mass is 368 g/mol. The molecule has 0 saturated heterocycles. The minimum Gasteiger partial charge on any atom is -0.444 e. The second-order valence-corrected chi connectivity index (χ2v) is 7.09. The molecular weight excluding hydrogens is 352 g/mol. The molecule has 0 bridgehead atoms. The van der Waals surface area contributed by atoms with Gasteiger partial charge in [-0.2, -0.15) is 0 Å². The summed E-state index contributed by atoms with van der Waals surface area (Å²) in [4.78, 5) is 17.9. The van der Waals surface area contributed by atoms with E-state index in [9.17, 15) is 4.79 Å². The normalized spacial score (nSPS) is 12.0. The lowest BCUT2D eigenvalue weighted by Gasteiger charge is -2.19. The number of hydrogen-bond donors (Lipinski definition) is 1. The zero-order valence-electron chi connectivity index (χ0n) is 12.1. The van der Waals surface area contributed by atoms with Crippen LogP contribution < -0.4 is 5.32 Å². The molecule has 0 fully saturated rings. The third kappa shape index (κ3) is 4.82. The third-order valence-electron chi connectivity index (χ3n) is 2.51. The van der Waals surface area contributed by atoms with Gasteiger partial charge in [-0.05, 0) is 49.5 Å². The summed E-state index contributed by atoms with van der Waals surface area (Å²) < 4.78 is 6.31. The number of carbonyl (C=O) groups is 1. The Balaban J connectivity index is 2.04. The molecule has 1 aromatic carbocycles. The summed E-state index contributed by atoms with van der Waals surface area (Å²) in [7, 11) is 0. The molecule has 0 saturated carbocycles. The van der Waals surface area contributed by atoms with Crippen LogP contribution >= 0.6 is 27.3 Å². The molecule has 0 aliphatic carbocycles. The fourth-order valence-corrected chi connectivity index (χ4v) is 3.07. The number of halogens is 1. The van der Waals surface area contributed by atoms with Gasteiger partial charge in [0.15, 0.2) is 0 Å². The Morgan fingerprint density at radius 2 is 2.24 bits per heavy atom. The van der Waals surface area contributed by atoms with Crippen LogP contribution in [0.4, 0.5) is 4.79 Å². The molecule has 0 atom stereocenters. The van der Waals surface area contributed by atoms with E-state index >= 15 is 0 Å². The highest BCUT2D eigenvalue weighted by Crippen LogP contribution is 2.24. The molecule has 4 nitrogen and oxygen atoms in total. The van der Waals surface area contributed by atoms with Crippen LogP contribution in [0.25, 0.3) is 16.3 Å². The molecule has 0 aliphatic heterocycles. The van der Waals surface area contributed by atoms with Gasteiger partial charge >= 0.3 is 6.09 Å². The summed E-state index contributed by atoms with van der Waals surface area (Å²) in [5.74, 6) is 0. The Morgan fingerprint density at radius 1 is 1.48 bits per heavy atom. The maximum absolute atomic E-state index is 11.6. The van der Waals surface area contributed by atoms with Crippen molar-refractivity contribution in [2.75, 3.05) is 0 Å². The number of benzene rings is 1. The van der Waals surface area contributed by atoms with Crippen molar-refractivity contribution in [3.05, 3.63) is 33.8 Å². The average molecular weight is 369 g/mol. The number of alkyl carbamates (subject to hydrolysis) is 1. The number of carbonyl (C=O) groups excluding carboxylic acids is 1. The van der Waals surface area contributed by atoms with Gasteiger partial charge < -0.3 is 10.1 Å². The van der Waals surface area contributed by atoms with Gasteiger partial charge in [0.2, 0.25) is 0 Å². The van der Waals surface area contributed by atoms with Gasteiger partial charge in [-0.25, -0.2) is 9.78 Å². The minimum absolute atomic E-state index is 0.408. The van der Waals surface area contributed by atoms with Crippen LogP contribution in [0.5, 0.6) is 0 Å². The predicted octanol–water partition coefficient (Wildman–Crippen LogP) is 4.69. The van der Waals surface area contributed by atoms with Gasteiger partial charge in [-0.1, -0.05) is 22.0 Å². The van der Waals surface area contributed by atoms with Crippen molar-refractivity contribution in [3.63, 3.8) is 0 Å². The number of fused-ring (bicyclic) bond motifs is 1. The van der Waals surface area contributed by atoms with Crippen LogP contribution in [0.15, 0.2) is 23.2 Å². The van der Waals surface area contributed by atoms with E-state index in [0.29, 0.717) is 6.54 Å². The smallest absolute Gasteiger partial charge is 0.407 e. The number of amides is 1. The molecule has 1 amide bonds. The molecule has 1 N–H and O–H groups in total. The number of rotatable bonds is 3. The minimum atomic E-state index is -0.484. The van der Waals surface area contributed by atoms with Crippen LogP contribution in [-0.2, 0) is 11.3 Å². The number of thiazole rings is 1. The second kappa shape index (κ2) is 6.58. The Hall–Kier alpha value is -1.40. The Labute approximate surface area is 136 Å². The first-order chi connectivity index (χ1) is 9.87. The molecular formula is C15H17BrN2O2S. The predicted molar refractivity (Wildman–Crippen MR) is 90.7 cm³/mol. The molecule has 0 aliphatic rings. The highest BCUT2D eigenvalue weighted by atomic mass is 79.9. The van der Waals surface area contributed by atoms with Gasteiger partial charge in [-0.15, -0.1) is 11.3 Å². The summed E-state index contributed by atoms with van der Waals surface area (Å²) in [6.45, 7) is 5.96. The van der Waals surface area contributed by atoms with Crippen LogP contribution in [0.3, 0.4) is 0 Å². The Bertz CT molecular complexity index is 674. The summed E-state index contributed by atoms with van der Waals surface area (Å²) in [6, 6.07) is 5.96. The lowest BCUT2D eigenvalue weighted by molar-refractivity contribution is 0.0523. The summed E-state index contributed by atoms with van der Waals surface area (Å²) in [6.07, 6.45) is 1.50. The average Bonchev–Trinajstić information content (AvgIpc) is 2.76. The zero-order valence-corrected chi connectivity index (χ0v) is 14.5. The zero-order chi connectivity index (χ0) is 15.5. The number of aromatic nitrogens is 1. The van der Waals surface area contributed by atoms with E-state index in [1.54, 1.807) is 16.3 Å². The van der Waals surface area contributed by atoms with Crippen molar-refractivity contribution in [2.24, 2.45) is 0 Å². The largest absolute Gasteiger partial charge is 0.444 e. The van der Waals surface area contributed by atoms with Crippen molar-refractivity contribution in [2.45, 2.75) is 32.9 Å². The van der Waals surface area contributed by atoms with Gasteiger partial charge in [0.25, 0.3) is 0 Å². The number of hydrogen-bond acceptors (Lipinski definition) is 4. The molecule has 0 radical (unpaired) electrons. The lowest BCUT2D eigenvalue weighted by atomic mass is 10.2. The van der Waals surface area contributed by atoms with E-state index in [2.05, 4.69) is 26.2 Å². The molecule has 0 spiro atoms. The molecule has 2 rings (SSSR count). The van der Waals surface area contributed by atoms with E-state index in [4.69, 9.17) is 4.74 Å². The summed E-state index contributed by atoms with van der Waals surface area (Å²) >= 11 is 4.86. The van der Waals surface area contributed by atoms with Gasteiger partial charge in [0.05, 0.1) is 10.2 Å². The molecule has 1 heterocycles. The molecule has 1 aromatic heterocycles. The lowest BCUT2D eigenvalue weighted by Crippen LogP contribution is -2.32. The molecule has 0 unspecified atom stereocenters. The van der Waals surface area contributed by atoms with Crippen LogP contribution in [0, 0.1) is 0 Å². The highest BCUT2D eigenvalue weighted by Gasteiger charge is 2.15. The first-order valence-electron chi connectivity index (χ1n) is 6.50. The van der Waals surface area contributed by atoms with E-state index < -0.39 is 11.7 Å². The first kappa shape index (κ1) is 16.0. The van der Waals surface area contributed by atoms with Gasteiger partial charge in [0, 0.05) is 6.54 Å². The van der Waals surface area contributed by atoms with Gasteiger partial charge in [-0.3, -0.25) is 0 Å². The third-order valence-corrected chi connectivity index (χ3v) is 3.76. The number of nitrogens with one attached hydrogen (secondary N) is 1. The molecule has 2 aromatic rings. The standard InChI is InChI=1S/C15H17BrN2O2S/c1-15(2,3)20-14(19)17-9-10-4-5-11-12(8-10)21-13(18-11)6-7-16/h4-8H,9H2,1-3H3,(H,17,19). The van der Waals surface area contributed by atoms with E-state index in [1.807, 2.05) is 45.0 Å². The molecule has 21 heavy (non-hydrogen) atoms. The van der Waals surface area contributed by atoms with Crippen molar-refractivity contribution >= 4 is 49.7 Å². The maximum Gasteiger partial charge on any atom is 0.407 e. The molecule has 112 valence electrons. The first-order valence-corrected chi connectivity index (χ1v) is 8.24. The Morgan fingerprint density at radius 3 is 2.90 bits per heavy atom. The van der Waals surface area contributed by atoms with Crippen LogP contribution in [0.1, 0.15) is 31.3 Å². The van der Waals surface area contributed by atoms with Gasteiger partial charge in [0.1, 0.15) is 10.6 Å². The van der Waals surface area contributed by atoms with Crippen LogP contribution in [-0.4, -0.2) is 16.7 Å². The van der Waals surface area contributed by atoms with Crippen LogP contribution in [0.2, 0.25) is 0 Å². The molecule has 6 heteroatoms. The summed E-state index contributed by atoms with van der Waals surface area (Å²) in [5, 5.41) is 3.70. The fraction of sp³-hybridized carbons (Fsp3) is 0.333. The van der Waals surface area contributed by atoms with Crippen molar-refractivity contribution < 1.29 is 9.53 Å². The van der Waals surface area contributed by atoms with E-state index in [-0.39, 0.29) is 0 Å². The van der Waals surface area contributed by atoms with E-state index in [1.165, 1.54) is 0 Å². The summed E-state index contributed by atoms with van der Waals surface area (Å²) in [5.41, 5.74) is 1.50. The van der Waals surface area contributed by atoms with Crippen molar-refractivity contribution in [1.29, 1.82) is 0 Å². The quantitative estimate of drug-likeness (QED) is 0.854. The van der Waals surface area contributed by atoms with Crippen molar-refractivity contribution in [1.82, 2.24) is 10.3 Å².